The second-order valence-electron chi connectivity index (χ2n) is 8.64. The van der Waals surface area contributed by atoms with Crippen molar-refractivity contribution in [2.45, 2.75) is 25.7 Å². The lowest BCUT2D eigenvalue weighted by atomic mass is 10.1. The molecular formula is C27H40N6O2S. The molecule has 4 N–H and O–H groups in total. The Balaban J connectivity index is 0.000000281. The van der Waals surface area contributed by atoms with E-state index in [1.54, 1.807) is 7.05 Å². The number of benzene rings is 2. The van der Waals surface area contributed by atoms with Crippen LogP contribution in [-0.2, 0) is 9.59 Å². The Morgan fingerprint density at radius 1 is 1.11 bits per heavy atom. The minimum atomic E-state index is -0.599. The number of hydrogen-bond acceptors (Lipinski definition) is 8. The van der Waals surface area contributed by atoms with Gasteiger partial charge in [0.25, 0.3) is 5.91 Å². The van der Waals surface area contributed by atoms with Crippen molar-refractivity contribution in [1.82, 2.24) is 15.1 Å². The van der Waals surface area contributed by atoms with E-state index >= 15 is 0 Å². The van der Waals surface area contributed by atoms with Gasteiger partial charge < -0.3 is 31.0 Å². The van der Waals surface area contributed by atoms with Gasteiger partial charge in [0, 0.05) is 45.3 Å². The molecule has 1 aliphatic heterocycles. The highest BCUT2D eigenvalue weighted by Gasteiger charge is 2.12. The summed E-state index contributed by atoms with van der Waals surface area (Å²) in [5, 5.41) is 9.18. The summed E-state index contributed by atoms with van der Waals surface area (Å²) in [6.45, 7) is 9.41. The molecule has 0 unspecified atom stereocenters. The number of carbonyl (C=O) groups excluding carboxylic acids is 2. The lowest BCUT2D eigenvalue weighted by molar-refractivity contribution is -0.114. The van der Waals surface area contributed by atoms with Gasteiger partial charge in [-0.2, -0.15) is 0 Å². The van der Waals surface area contributed by atoms with Gasteiger partial charge in [0.15, 0.2) is 5.70 Å². The van der Waals surface area contributed by atoms with Crippen molar-refractivity contribution in [3.63, 3.8) is 0 Å². The number of piperazine rings is 1. The van der Waals surface area contributed by atoms with Crippen LogP contribution in [0.2, 0.25) is 0 Å². The highest BCUT2D eigenvalue weighted by molar-refractivity contribution is 8.03. The summed E-state index contributed by atoms with van der Waals surface area (Å²) in [5.74, 6) is -0.0292. The number of hydrogen-bond donors (Lipinski definition) is 3. The fourth-order valence-corrected chi connectivity index (χ4v) is 4.65. The monoisotopic (exact) mass is 512 g/mol. The summed E-state index contributed by atoms with van der Waals surface area (Å²) < 4.78 is 0. The largest absolute Gasteiger partial charge is 0.381 e. The fourth-order valence-electron chi connectivity index (χ4n) is 3.82. The third-order valence-electron chi connectivity index (χ3n) is 5.97. The zero-order valence-corrected chi connectivity index (χ0v) is 22.4. The van der Waals surface area contributed by atoms with Crippen LogP contribution in [0.4, 0.5) is 5.69 Å². The molecule has 36 heavy (non-hydrogen) atoms. The number of aldehydes is 1. The number of likely N-dealkylation sites (N-methyl/N-ethyl adjacent to an activating group) is 1. The molecule has 2 aromatic carbocycles. The van der Waals surface area contributed by atoms with Crippen molar-refractivity contribution in [2.75, 3.05) is 58.0 Å². The maximum atomic E-state index is 11.3. The van der Waals surface area contributed by atoms with Gasteiger partial charge in [-0.05, 0) is 56.1 Å². The molecule has 9 heteroatoms. The van der Waals surface area contributed by atoms with Gasteiger partial charge in [0.05, 0.1) is 5.88 Å². The summed E-state index contributed by atoms with van der Waals surface area (Å²) in [6, 6.07) is 14.3. The smallest absolute Gasteiger partial charge is 0.269 e. The molecule has 3 rings (SSSR count). The van der Waals surface area contributed by atoms with Gasteiger partial charge in [-0.1, -0.05) is 48.5 Å². The molecule has 0 saturated carbocycles. The van der Waals surface area contributed by atoms with Crippen molar-refractivity contribution in [3.05, 3.63) is 53.2 Å². The SMILES string of the molecule is C=N/C(C(N)=O)=C(/NC)SCNc1ccc2ccccc2c1.CN1CCN(CCCCCC=O)CC1. The fraction of sp³-hybridized carbons (Fsp3) is 0.444. The van der Waals surface area contributed by atoms with Crippen molar-refractivity contribution in [3.8, 4) is 0 Å². The molecule has 0 aromatic heterocycles. The van der Waals surface area contributed by atoms with Crippen LogP contribution in [0.1, 0.15) is 25.7 Å². The number of primary amides is 1. The minimum absolute atomic E-state index is 0.146. The van der Waals surface area contributed by atoms with Crippen LogP contribution in [0.3, 0.4) is 0 Å². The first-order valence-electron chi connectivity index (χ1n) is 12.4. The number of carbonyl (C=O) groups is 2. The Hall–Kier alpha value is -2.88. The first-order valence-corrected chi connectivity index (χ1v) is 13.4. The number of amides is 1. The molecule has 8 nitrogen and oxygen atoms in total. The Labute approximate surface area is 219 Å². The molecule has 0 radical (unpaired) electrons. The molecule has 1 saturated heterocycles. The summed E-state index contributed by atoms with van der Waals surface area (Å²) in [5.41, 5.74) is 6.42. The number of nitrogens with one attached hydrogen (secondary N) is 2. The molecule has 1 fully saturated rings. The molecule has 1 amide bonds. The topological polar surface area (TPSA) is 103 Å². The van der Waals surface area contributed by atoms with Gasteiger partial charge >= 0.3 is 0 Å². The average molecular weight is 513 g/mol. The summed E-state index contributed by atoms with van der Waals surface area (Å²) in [7, 11) is 3.90. The molecular weight excluding hydrogens is 472 g/mol. The zero-order valence-electron chi connectivity index (χ0n) is 21.5. The van der Waals surface area contributed by atoms with Gasteiger partial charge in [0.1, 0.15) is 11.3 Å². The third-order valence-corrected chi connectivity index (χ3v) is 6.94. The van der Waals surface area contributed by atoms with E-state index in [4.69, 9.17) is 5.73 Å². The number of rotatable bonds is 13. The first kappa shape index (κ1) is 29.4. The molecule has 0 bridgehead atoms. The standard InChI is InChI=1S/C16H18N4OS.C11H22N2O/c1-18-14(15(17)21)16(19-2)22-10-20-13-8-7-11-5-3-4-6-12(11)9-13;1-12-7-9-13(10-8-12)6-4-2-3-5-11-14/h3-9,19-20H,1,10H2,2H3,(H2,17,21);11H,2-10H2,1H3/b16-14-;. The lowest BCUT2D eigenvalue weighted by Gasteiger charge is -2.32. The van der Waals surface area contributed by atoms with Gasteiger partial charge in [0.2, 0.25) is 0 Å². The van der Waals surface area contributed by atoms with E-state index in [1.165, 1.54) is 68.1 Å². The van der Waals surface area contributed by atoms with Crippen LogP contribution in [0.5, 0.6) is 0 Å². The second-order valence-corrected chi connectivity index (χ2v) is 9.62. The highest BCUT2D eigenvalue weighted by atomic mass is 32.2. The maximum Gasteiger partial charge on any atom is 0.269 e. The molecule has 0 spiro atoms. The summed E-state index contributed by atoms with van der Waals surface area (Å²) >= 11 is 1.41. The van der Waals surface area contributed by atoms with Crippen molar-refractivity contribution >= 4 is 47.1 Å². The van der Waals surface area contributed by atoms with Crippen LogP contribution in [0.25, 0.3) is 10.8 Å². The summed E-state index contributed by atoms with van der Waals surface area (Å²) in [4.78, 5) is 29.9. The molecule has 0 atom stereocenters. The Kier molecular flexibility index (Phi) is 13.6. The van der Waals surface area contributed by atoms with Gasteiger partial charge in [-0.15, -0.1) is 0 Å². The second kappa shape index (κ2) is 16.7. The predicted octanol–water partition coefficient (Wildman–Crippen LogP) is 3.51. The molecule has 1 heterocycles. The Morgan fingerprint density at radius 2 is 1.83 bits per heavy atom. The Bertz CT molecular complexity index is 1000. The molecule has 1 aliphatic rings. The van der Waals surface area contributed by atoms with Crippen LogP contribution in [-0.4, -0.2) is 81.4 Å². The first-order chi connectivity index (χ1) is 17.5. The Morgan fingerprint density at radius 3 is 2.47 bits per heavy atom. The van der Waals surface area contributed by atoms with E-state index in [2.05, 4.69) is 63.5 Å². The van der Waals surface area contributed by atoms with E-state index in [9.17, 15) is 9.59 Å². The predicted molar refractivity (Wildman–Crippen MR) is 153 cm³/mol. The molecule has 0 aliphatic carbocycles. The van der Waals surface area contributed by atoms with Crippen LogP contribution < -0.4 is 16.4 Å². The van der Waals surface area contributed by atoms with Crippen molar-refractivity contribution < 1.29 is 9.59 Å². The van der Waals surface area contributed by atoms with E-state index in [0.29, 0.717) is 10.9 Å². The minimum Gasteiger partial charge on any atom is -0.381 e. The third kappa shape index (κ3) is 10.4. The normalized spacial score (nSPS) is 14.8. The van der Waals surface area contributed by atoms with E-state index in [0.717, 1.165) is 24.8 Å². The number of thioether (sulfide) groups is 1. The van der Waals surface area contributed by atoms with Crippen molar-refractivity contribution in [2.24, 2.45) is 10.7 Å². The van der Waals surface area contributed by atoms with Gasteiger partial charge in [-0.25, -0.2) is 0 Å². The average Bonchev–Trinajstić information content (AvgIpc) is 2.89. The lowest BCUT2D eigenvalue weighted by Crippen LogP contribution is -2.44. The van der Waals surface area contributed by atoms with E-state index < -0.39 is 5.91 Å². The van der Waals surface area contributed by atoms with Crippen LogP contribution in [0.15, 0.2) is 58.2 Å². The number of fused-ring (bicyclic) bond motifs is 1. The van der Waals surface area contributed by atoms with E-state index in [-0.39, 0.29) is 5.70 Å². The number of unbranched alkanes of at least 4 members (excludes halogenated alkanes) is 3. The van der Waals surface area contributed by atoms with Gasteiger partial charge in [-0.3, -0.25) is 9.79 Å². The molecule has 2 aromatic rings. The highest BCUT2D eigenvalue weighted by Crippen LogP contribution is 2.22. The quantitative estimate of drug-likeness (QED) is 0.124. The van der Waals surface area contributed by atoms with E-state index in [1.807, 2.05) is 18.2 Å². The number of anilines is 1. The molecule has 196 valence electrons. The number of nitrogens with zero attached hydrogens (tertiary/aromatic N) is 3. The zero-order chi connectivity index (χ0) is 26.2. The summed E-state index contributed by atoms with van der Waals surface area (Å²) in [6.07, 6.45) is 5.28. The van der Waals surface area contributed by atoms with Crippen LogP contribution >= 0.6 is 11.8 Å². The number of nitrogens with two attached hydrogens (primary N) is 1. The van der Waals surface area contributed by atoms with Crippen LogP contribution in [0, 0.1) is 0 Å². The number of aliphatic imine (C=N–C) groups is 1. The maximum absolute atomic E-state index is 11.3. The van der Waals surface area contributed by atoms with Crippen molar-refractivity contribution in [1.29, 1.82) is 0 Å².